The molecule has 0 saturated carbocycles. The molecule has 0 spiro atoms. The van der Waals surface area contributed by atoms with Gasteiger partial charge in [0, 0.05) is 0 Å². The lowest BCUT2D eigenvalue weighted by molar-refractivity contribution is 0.112. The van der Waals surface area contributed by atoms with Gasteiger partial charge in [-0.25, -0.2) is 0 Å². The second-order valence-corrected chi connectivity index (χ2v) is 3.90. The molecule has 0 saturated heterocycles. The Labute approximate surface area is 76.5 Å². The van der Waals surface area contributed by atoms with Gasteiger partial charge in [-0.15, -0.1) is 11.3 Å². The molecule has 0 aromatic carbocycles. The SMILES string of the molecule is O=Cc1sc(Cl)c(Cl)c1Cl. The van der Waals surface area contributed by atoms with Gasteiger partial charge in [0.25, 0.3) is 0 Å². The minimum absolute atomic E-state index is 0.242. The molecule has 0 radical (unpaired) electrons. The summed E-state index contributed by atoms with van der Waals surface area (Å²) in [6.45, 7) is 0. The molecule has 0 aliphatic rings. The summed E-state index contributed by atoms with van der Waals surface area (Å²) in [5, 5.41) is 0.502. The van der Waals surface area contributed by atoms with Crippen LogP contribution in [-0.2, 0) is 0 Å². The third-order valence-electron chi connectivity index (χ3n) is 0.888. The summed E-state index contributed by atoms with van der Waals surface area (Å²) >= 11 is 17.8. The quantitative estimate of drug-likeness (QED) is 0.655. The molecule has 0 aliphatic heterocycles. The van der Waals surface area contributed by atoms with Crippen LogP contribution in [0.3, 0.4) is 0 Å². The Hall–Kier alpha value is 0.240. The fraction of sp³-hybridized carbons (Fsp3) is 0. The Kier molecular flexibility index (Phi) is 2.58. The standard InChI is InChI=1S/C5HCl3OS/c6-3-2(1-9)10-5(8)4(3)7/h1H. The fourth-order valence-electron chi connectivity index (χ4n) is 0.456. The average Bonchev–Trinajstić information content (AvgIpc) is 2.17. The van der Waals surface area contributed by atoms with E-state index in [0.29, 0.717) is 15.5 Å². The zero-order valence-corrected chi connectivity index (χ0v) is 7.61. The van der Waals surface area contributed by atoms with Gasteiger partial charge in [-0.3, -0.25) is 4.79 Å². The average molecular weight is 215 g/mol. The lowest BCUT2D eigenvalue weighted by Crippen LogP contribution is -1.68. The molecule has 0 unspecified atom stereocenters. The van der Waals surface area contributed by atoms with Crippen molar-refractivity contribution in [1.29, 1.82) is 0 Å². The maximum atomic E-state index is 10.2. The summed E-state index contributed by atoms with van der Waals surface area (Å²) in [4.78, 5) is 10.6. The van der Waals surface area contributed by atoms with Gasteiger partial charge in [0.15, 0.2) is 6.29 Å². The van der Waals surface area contributed by atoms with Gasteiger partial charge in [0.05, 0.1) is 14.9 Å². The fourth-order valence-corrected chi connectivity index (χ4v) is 2.06. The van der Waals surface area contributed by atoms with Gasteiger partial charge >= 0.3 is 0 Å². The molecule has 1 heterocycles. The zero-order valence-electron chi connectivity index (χ0n) is 4.53. The van der Waals surface area contributed by atoms with Crippen molar-refractivity contribution in [2.24, 2.45) is 0 Å². The highest BCUT2D eigenvalue weighted by Gasteiger charge is 2.11. The number of carbonyl (C=O) groups is 1. The first kappa shape index (κ1) is 8.34. The Morgan fingerprint density at radius 3 is 2.00 bits per heavy atom. The molecule has 1 rings (SSSR count). The Morgan fingerprint density at radius 1 is 1.20 bits per heavy atom. The monoisotopic (exact) mass is 214 g/mol. The predicted octanol–water partition coefficient (Wildman–Crippen LogP) is 3.52. The van der Waals surface area contributed by atoms with Crippen LogP contribution in [0.1, 0.15) is 9.67 Å². The molecule has 0 bridgehead atoms. The molecular weight excluding hydrogens is 214 g/mol. The molecule has 10 heavy (non-hydrogen) atoms. The van der Waals surface area contributed by atoms with Gasteiger partial charge < -0.3 is 0 Å². The summed E-state index contributed by atoms with van der Waals surface area (Å²) < 4.78 is 0.355. The van der Waals surface area contributed by atoms with Crippen LogP contribution in [0.15, 0.2) is 0 Å². The molecule has 5 heteroatoms. The molecule has 0 N–H and O–H groups in total. The first-order valence-electron chi connectivity index (χ1n) is 2.25. The highest BCUT2D eigenvalue weighted by Crippen LogP contribution is 2.39. The molecule has 0 amide bonds. The van der Waals surface area contributed by atoms with Crippen LogP contribution in [0.25, 0.3) is 0 Å². The molecular formula is C5HCl3OS. The topological polar surface area (TPSA) is 17.1 Å². The first-order valence-corrected chi connectivity index (χ1v) is 4.20. The van der Waals surface area contributed by atoms with E-state index in [1.807, 2.05) is 0 Å². The number of aldehydes is 1. The third kappa shape index (κ3) is 1.30. The molecule has 0 atom stereocenters. The van der Waals surface area contributed by atoms with Crippen LogP contribution >= 0.6 is 46.1 Å². The number of rotatable bonds is 1. The van der Waals surface area contributed by atoms with Crippen LogP contribution in [0.5, 0.6) is 0 Å². The minimum Gasteiger partial charge on any atom is -0.297 e. The van der Waals surface area contributed by atoms with E-state index < -0.39 is 0 Å². The summed E-state index contributed by atoms with van der Waals surface area (Å²) in [5.74, 6) is 0. The van der Waals surface area contributed by atoms with Crippen molar-refractivity contribution in [3.63, 3.8) is 0 Å². The van der Waals surface area contributed by atoms with E-state index in [2.05, 4.69) is 0 Å². The molecule has 0 aliphatic carbocycles. The van der Waals surface area contributed by atoms with Crippen LogP contribution in [0, 0.1) is 0 Å². The van der Waals surface area contributed by atoms with Gasteiger partial charge in [0.1, 0.15) is 4.34 Å². The number of carbonyl (C=O) groups excluding carboxylic acids is 1. The van der Waals surface area contributed by atoms with E-state index in [-0.39, 0.29) is 10.0 Å². The normalized spacial score (nSPS) is 9.90. The smallest absolute Gasteiger partial charge is 0.161 e. The Bertz CT molecular complexity index is 268. The second-order valence-electron chi connectivity index (χ2n) is 1.49. The van der Waals surface area contributed by atoms with Crippen molar-refractivity contribution in [3.05, 3.63) is 19.3 Å². The lowest BCUT2D eigenvalue weighted by Gasteiger charge is -1.81. The predicted molar refractivity (Wildman–Crippen MR) is 44.7 cm³/mol. The van der Waals surface area contributed by atoms with E-state index in [0.717, 1.165) is 11.3 Å². The van der Waals surface area contributed by atoms with Crippen molar-refractivity contribution in [1.82, 2.24) is 0 Å². The minimum atomic E-state index is 0.242. The van der Waals surface area contributed by atoms with E-state index in [1.54, 1.807) is 0 Å². The number of hydrogen-bond acceptors (Lipinski definition) is 2. The molecule has 1 aromatic heterocycles. The van der Waals surface area contributed by atoms with Crippen LogP contribution in [0.4, 0.5) is 0 Å². The van der Waals surface area contributed by atoms with Crippen LogP contribution in [-0.4, -0.2) is 6.29 Å². The van der Waals surface area contributed by atoms with Crippen molar-refractivity contribution >= 4 is 52.4 Å². The number of hydrogen-bond donors (Lipinski definition) is 0. The van der Waals surface area contributed by atoms with Gasteiger partial charge in [0.2, 0.25) is 0 Å². The summed E-state index contributed by atoms with van der Waals surface area (Å²) in [6.07, 6.45) is 0.630. The van der Waals surface area contributed by atoms with Crippen molar-refractivity contribution in [3.8, 4) is 0 Å². The van der Waals surface area contributed by atoms with E-state index >= 15 is 0 Å². The molecule has 0 fully saturated rings. The maximum absolute atomic E-state index is 10.2. The Balaban J connectivity index is 3.30. The summed E-state index contributed by atoms with van der Waals surface area (Å²) in [5.41, 5.74) is 0. The lowest BCUT2D eigenvalue weighted by atomic mass is 10.5. The highest BCUT2D eigenvalue weighted by atomic mass is 35.5. The molecule has 1 aromatic rings. The highest BCUT2D eigenvalue weighted by molar-refractivity contribution is 7.19. The second kappa shape index (κ2) is 3.09. The first-order chi connectivity index (χ1) is 4.66. The summed E-state index contributed by atoms with van der Waals surface area (Å²) in [7, 11) is 0. The third-order valence-corrected chi connectivity index (χ3v) is 3.40. The molecule has 1 nitrogen and oxygen atoms in total. The maximum Gasteiger partial charge on any atom is 0.161 e. The van der Waals surface area contributed by atoms with Gasteiger partial charge in [-0.2, -0.15) is 0 Å². The van der Waals surface area contributed by atoms with E-state index in [4.69, 9.17) is 34.8 Å². The summed E-state index contributed by atoms with van der Waals surface area (Å²) in [6, 6.07) is 0. The van der Waals surface area contributed by atoms with Crippen LogP contribution < -0.4 is 0 Å². The molecule has 54 valence electrons. The van der Waals surface area contributed by atoms with E-state index in [1.165, 1.54) is 0 Å². The van der Waals surface area contributed by atoms with Crippen molar-refractivity contribution < 1.29 is 4.79 Å². The van der Waals surface area contributed by atoms with Gasteiger partial charge in [-0.1, -0.05) is 34.8 Å². The van der Waals surface area contributed by atoms with Crippen molar-refractivity contribution in [2.75, 3.05) is 0 Å². The van der Waals surface area contributed by atoms with Crippen molar-refractivity contribution in [2.45, 2.75) is 0 Å². The number of thiophene rings is 1. The Morgan fingerprint density at radius 2 is 1.80 bits per heavy atom. The van der Waals surface area contributed by atoms with E-state index in [9.17, 15) is 4.79 Å². The largest absolute Gasteiger partial charge is 0.297 e. The zero-order chi connectivity index (χ0) is 7.72. The van der Waals surface area contributed by atoms with Crippen LogP contribution in [0.2, 0.25) is 14.4 Å². The van der Waals surface area contributed by atoms with Gasteiger partial charge in [-0.05, 0) is 0 Å². The number of halogens is 3.